The second-order valence-corrected chi connectivity index (χ2v) is 6.88. The molecule has 0 saturated carbocycles. The van der Waals surface area contributed by atoms with E-state index in [9.17, 15) is 4.79 Å². The van der Waals surface area contributed by atoms with Crippen molar-refractivity contribution < 1.29 is 4.79 Å². The number of rotatable bonds is 4. The van der Waals surface area contributed by atoms with Crippen molar-refractivity contribution in [2.75, 3.05) is 19.5 Å². The minimum atomic E-state index is -0.452. The van der Waals surface area contributed by atoms with Gasteiger partial charge in [0, 0.05) is 24.5 Å². The van der Waals surface area contributed by atoms with Crippen molar-refractivity contribution in [3.63, 3.8) is 0 Å². The van der Waals surface area contributed by atoms with Crippen LogP contribution < -0.4 is 5.32 Å². The average molecular weight is 273 g/mol. The molecule has 0 aromatic carbocycles. The molecule has 0 aromatic heterocycles. The lowest BCUT2D eigenvalue weighted by atomic mass is 9.90. The van der Waals surface area contributed by atoms with Gasteiger partial charge in [0.2, 0.25) is 5.91 Å². The zero-order valence-corrected chi connectivity index (χ0v) is 12.5. The Bertz CT molecular complexity index is 305. The van der Waals surface area contributed by atoms with Gasteiger partial charge in [-0.05, 0) is 52.5 Å². The lowest BCUT2D eigenvalue weighted by Gasteiger charge is -2.36. The quantitative estimate of drug-likeness (QED) is 0.796. The molecular formula is C14H25ClN2O. The smallest absolute Gasteiger partial charge is 0.226 e. The Kier molecular flexibility index (Phi) is 4.22. The summed E-state index contributed by atoms with van der Waals surface area (Å²) in [6.07, 6.45) is 5.13. The number of alkyl halides is 1. The summed E-state index contributed by atoms with van der Waals surface area (Å²) in [6, 6.07) is 1.48. The van der Waals surface area contributed by atoms with E-state index in [-0.39, 0.29) is 5.91 Å². The number of hydrogen-bond acceptors (Lipinski definition) is 2. The first-order valence-corrected chi connectivity index (χ1v) is 7.53. The van der Waals surface area contributed by atoms with Crippen LogP contribution in [0.1, 0.15) is 39.5 Å². The predicted octanol–water partition coefficient (Wildman–Crippen LogP) is 2.24. The number of nitrogens with one attached hydrogen (secondary N) is 1. The lowest BCUT2D eigenvalue weighted by Crippen LogP contribution is -2.45. The normalized spacial score (nSPS) is 32.6. The molecular weight excluding hydrogens is 248 g/mol. The third-order valence-electron chi connectivity index (χ3n) is 4.70. The zero-order chi connectivity index (χ0) is 13.3. The van der Waals surface area contributed by atoms with E-state index in [0.717, 1.165) is 18.6 Å². The summed E-state index contributed by atoms with van der Waals surface area (Å²) in [5, 5.41) is 3.09. The highest BCUT2D eigenvalue weighted by molar-refractivity contribution is 6.19. The summed E-state index contributed by atoms with van der Waals surface area (Å²) >= 11 is 5.82. The molecule has 18 heavy (non-hydrogen) atoms. The van der Waals surface area contributed by atoms with Crippen molar-refractivity contribution in [2.45, 2.75) is 51.6 Å². The maximum atomic E-state index is 12.0. The first-order chi connectivity index (χ1) is 8.44. The number of fused-ring (bicyclic) bond motifs is 2. The molecule has 3 nitrogen and oxygen atoms in total. The van der Waals surface area contributed by atoms with E-state index in [1.54, 1.807) is 0 Å². The van der Waals surface area contributed by atoms with Crippen LogP contribution in [0.5, 0.6) is 0 Å². The minimum Gasteiger partial charge on any atom is -0.355 e. The molecule has 104 valence electrons. The summed E-state index contributed by atoms with van der Waals surface area (Å²) in [5.41, 5.74) is -0.452. The molecule has 2 heterocycles. The maximum Gasteiger partial charge on any atom is 0.226 e. The van der Waals surface area contributed by atoms with Crippen LogP contribution >= 0.6 is 11.6 Å². The monoisotopic (exact) mass is 272 g/mol. The number of amides is 1. The highest BCUT2D eigenvalue weighted by Gasteiger charge is 2.38. The summed E-state index contributed by atoms with van der Waals surface area (Å²) in [4.78, 5) is 14.5. The molecule has 2 rings (SSSR count). The van der Waals surface area contributed by atoms with E-state index in [2.05, 4.69) is 17.3 Å². The Hall–Kier alpha value is -0.280. The molecule has 1 N–H and O–H groups in total. The number of piperidine rings is 1. The average Bonchev–Trinajstić information content (AvgIpc) is 2.57. The molecule has 2 unspecified atom stereocenters. The summed E-state index contributed by atoms with van der Waals surface area (Å²) < 4.78 is 0. The van der Waals surface area contributed by atoms with Gasteiger partial charge in [0.25, 0.3) is 0 Å². The fourth-order valence-corrected chi connectivity index (χ4v) is 3.35. The highest BCUT2D eigenvalue weighted by atomic mass is 35.5. The molecule has 2 aliphatic heterocycles. The van der Waals surface area contributed by atoms with Crippen molar-refractivity contribution in [2.24, 2.45) is 11.3 Å². The van der Waals surface area contributed by atoms with Crippen molar-refractivity contribution >= 4 is 17.5 Å². The third kappa shape index (κ3) is 2.83. The first-order valence-electron chi connectivity index (χ1n) is 7.00. The fraction of sp³-hybridized carbons (Fsp3) is 0.929. The number of halogens is 1. The topological polar surface area (TPSA) is 32.3 Å². The molecule has 2 saturated heterocycles. The van der Waals surface area contributed by atoms with Gasteiger partial charge in [0.05, 0.1) is 5.41 Å². The van der Waals surface area contributed by atoms with Gasteiger partial charge in [0.15, 0.2) is 0 Å². The van der Waals surface area contributed by atoms with Gasteiger partial charge in [-0.15, -0.1) is 11.6 Å². The van der Waals surface area contributed by atoms with Gasteiger partial charge < -0.3 is 10.2 Å². The number of nitrogens with zero attached hydrogens (tertiary/aromatic N) is 1. The molecule has 0 aliphatic carbocycles. The van der Waals surface area contributed by atoms with Gasteiger partial charge in [-0.2, -0.15) is 0 Å². The third-order valence-corrected chi connectivity index (χ3v) is 5.36. The maximum absolute atomic E-state index is 12.0. The van der Waals surface area contributed by atoms with Crippen molar-refractivity contribution in [1.29, 1.82) is 0 Å². The SMILES string of the molecule is CN1C2CCC1CC(CNC(=O)C(C)(C)CCl)C2. The van der Waals surface area contributed by atoms with Gasteiger partial charge in [-0.25, -0.2) is 0 Å². The number of hydrogen-bond donors (Lipinski definition) is 1. The molecule has 2 aliphatic rings. The predicted molar refractivity (Wildman–Crippen MR) is 74.8 cm³/mol. The van der Waals surface area contributed by atoms with Crippen LogP contribution in [0.25, 0.3) is 0 Å². The molecule has 1 amide bonds. The van der Waals surface area contributed by atoms with Crippen LogP contribution in [0.15, 0.2) is 0 Å². The van der Waals surface area contributed by atoms with E-state index in [1.165, 1.54) is 25.7 Å². The first kappa shape index (κ1) is 14.1. The van der Waals surface area contributed by atoms with Crippen LogP contribution in [-0.2, 0) is 4.79 Å². The number of carbonyl (C=O) groups is 1. The molecule has 2 fully saturated rings. The Morgan fingerprint density at radius 2 is 1.89 bits per heavy atom. The summed E-state index contributed by atoms with van der Waals surface area (Å²) in [6.45, 7) is 4.61. The number of carbonyl (C=O) groups excluding carboxylic acids is 1. The van der Waals surface area contributed by atoms with Crippen LogP contribution in [0.2, 0.25) is 0 Å². The second kappa shape index (κ2) is 5.38. The van der Waals surface area contributed by atoms with Crippen molar-refractivity contribution in [3.8, 4) is 0 Å². The van der Waals surface area contributed by atoms with E-state index in [4.69, 9.17) is 11.6 Å². The van der Waals surface area contributed by atoms with E-state index in [0.29, 0.717) is 11.8 Å². The Morgan fingerprint density at radius 3 is 2.39 bits per heavy atom. The Labute approximate surface area is 115 Å². The van der Waals surface area contributed by atoms with Crippen molar-refractivity contribution in [3.05, 3.63) is 0 Å². The minimum absolute atomic E-state index is 0.0868. The van der Waals surface area contributed by atoms with Crippen LogP contribution in [0.3, 0.4) is 0 Å². The molecule has 0 radical (unpaired) electrons. The van der Waals surface area contributed by atoms with Gasteiger partial charge >= 0.3 is 0 Å². The van der Waals surface area contributed by atoms with Crippen LogP contribution in [-0.4, -0.2) is 42.4 Å². The van der Waals surface area contributed by atoms with Gasteiger partial charge in [-0.1, -0.05) is 0 Å². The van der Waals surface area contributed by atoms with Crippen LogP contribution in [0.4, 0.5) is 0 Å². The van der Waals surface area contributed by atoms with E-state index >= 15 is 0 Å². The Balaban J connectivity index is 1.80. The molecule has 0 spiro atoms. The van der Waals surface area contributed by atoms with Gasteiger partial charge in [0.1, 0.15) is 0 Å². The molecule has 4 heteroatoms. The fourth-order valence-electron chi connectivity index (χ4n) is 3.23. The molecule has 2 atom stereocenters. The zero-order valence-electron chi connectivity index (χ0n) is 11.7. The standard InChI is InChI=1S/C14H25ClN2O/c1-14(2,9-15)13(18)16-8-10-6-11-4-5-12(7-10)17(11)3/h10-12H,4-9H2,1-3H3,(H,16,18). The van der Waals surface area contributed by atoms with Crippen LogP contribution in [0, 0.1) is 11.3 Å². The highest BCUT2D eigenvalue weighted by Crippen LogP contribution is 2.37. The lowest BCUT2D eigenvalue weighted by molar-refractivity contribution is -0.128. The van der Waals surface area contributed by atoms with Crippen molar-refractivity contribution in [1.82, 2.24) is 10.2 Å². The van der Waals surface area contributed by atoms with E-state index < -0.39 is 5.41 Å². The summed E-state index contributed by atoms with van der Waals surface area (Å²) in [5.74, 6) is 1.11. The molecule has 2 bridgehead atoms. The van der Waals surface area contributed by atoms with E-state index in [1.807, 2.05) is 13.8 Å². The Morgan fingerprint density at radius 1 is 1.33 bits per heavy atom. The van der Waals surface area contributed by atoms with Gasteiger partial charge in [-0.3, -0.25) is 4.79 Å². The summed E-state index contributed by atoms with van der Waals surface area (Å²) in [7, 11) is 2.24. The molecule has 0 aromatic rings. The second-order valence-electron chi connectivity index (χ2n) is 6.62. The largest absolute Gasteiger partial charge is 0.355 e.